The highest BCUT2D eigenvalue weighted by Gasteiger charge is 2.20. The summed E-state index contributed by atoms with van der Waals surface area (Å²) in [5.74, 6) is -0.332. The number of fused-ring (bicyclic) bond motifs is 2. The molecule has 0 saturated carbocycles. The summed E-state index contributed by atoms with van der Waals surface area (Å²) < 4.78 is 1.43. The summed E-state index contributed by atoms with van der Waals surface area (Å²) in [6, 6.07) is 24.6. The molecule has 0 bridgehead atoms. The molecule has 7 aromatic carbocycles. The molecule has 0 radical (unpaired) electrons. The Kier molecular flexibility index (Phi) is 11.8. The topological polar surface area (TPSA) is 247 Å². The number of nitrogens with zero attached hydrogens (tertiary/aromatic N) is 11. The number of hydrogen-bond donors (Lipinski definition) is 4. The summed E-state index contributed by atoms with van der Waals surface area (Å²) in [6.45, 7) is 16.6. The number of hydrogen-bond acceptors (Lipinski definition) is 15. The molecule has 0 aliphatic rings. The Balaban J connectivity index is 1.04. The van der Waals surface area contributed by atoms with Crippen LogP contribution >= 0.6 is 0 Å². The van der Waals surface area contributed by atoms with Gasteiger partial charge in [-0.1, -0.05) is 17.7 Å². The van der Waals surface area contributed by atoms with Gasteiger partial charge in [-0.15, -0.1) is 20.5 Å². The molecular weight excluding hydrogens is 849 g/mol. The van der Waals surface area contributed by atoms with E-state index in [4.69, 9.17) is 5.73 Å². The van der Waals surface area contributed by atoms with Crippen LogP contribution < -0.4 is 5.73 Å². The van der Waals surface area contributed by atoms with Gasteiger partial charge in [0.05, 0.1) is 50.1 Å². The normalized spacial score (nSPS) is 12.1. The van der Waals surface area contributed by atoms with Gasteiger partial charge in [0.2, 0.25) is 5.88 Å². The number of nitrogens with two attached hydrogens (primary N) is 1. The largest absolute Gasteiger partial charge is 0.505 e. The van der Waals surface area contributed by atoms with Gasteiger partial charge in [0, 0.05) is 17.5 Å². The molecule has 0 unspecified atom stereocenters. The molecule has 0 saturated heterocycles. The minimum atomic E-state index is -0.479. The number of benzene rings is 7. The monoisotopic (exact) mass is 894 g/mol. The molecule has 1 aromatic heterocycles. The number of aromatic hydroxyl groups is 3. The Morgan fingerprint density at radius 2 is 1.04 bits per heavy atom. The lowest BCUT2D eigenvalue weighted by Crippen LogP contribution is -1.95. The SMILES string of the molecule is Cc1ccc(-n2nc(C)c(/N=N/c3cc(C)c(/N=N/c4c(C)cc5c(C)c(/N=N/c6cc(C)c7cc(C)c(/N=N/c8ccc([N+](=O)[O-])cc8C)c(O)c7c6N)ccc5c4O)cc3C)c2O)cc1. The Hall–Kier alpha value is -8.73. The predicted octanol–water partition coefficient (Wildman–Crippen LogP) is 15.2. The van der Waals surface area contributed by atoms with E-state index in [0.29, 0.717) is 78.4 Å². The lowest BCUT2D eigenvalue weighted by molar-refractivity contribution is -0.384. The third-order valence-corrected chi connectivity index (χ3v) is 11.7. The molecule has 0 amide bonds. The van der Waals surface area contributed by atoms with Gasteiger partial charge in [-0.3, -0.25) is 10.1 Å². The lowest BCUT2D eigenvalue weighted by Gasteiger charge is -2.14. The zero-order chi connectivity index (χ0) is 48.0. The zero-order valence-electron chi connectivity index (χ0n) is 38.2. The maximum atomic E-state index is 11.6. The molecule has 0 aliphatic carbocycles. The van der Waals surface area contributed by atoms with Gasteiger partial charge in [0.1, 0.15) is 17.1 Å². The molecule has 17 heteroatoms. The van der Waals surface area contributed by atoms with Crippen molar-refractivity contribution in [2.75, 3.05) is 5.73 Å². The highest BCUT2D eigenvalue weighted by molar-refractivity contribution is 6.07. The molecule has 17 nitrogen and oxygen atoms in total. The average molecular weight is 895 g/mol. The molecule has 0 fully saturated rings. The summed E-state index contributed by atoms with van der Waals surface area (Å²) in [5, 5.41) is 87.6. The summed E-state index contributed by atoms with van der Waals surface area (Å²) in [5.41, 5.74) is 17.3. The fourth-order valence-electron chi connectivity index (χ4n) is 7.79. The fourth-order valence-corrected chi connectivity index (χ4v) is 7.79. The summed E-state index contributed by atoms with van der Waals surface area (Å²) in [4.78, 5) is 10.7. The molecule has 67 heavy (non-hydrogen) atoms. The van der Waals surface area contributed by atoms with Crippen molar-refractivity contribution in [3.63, 3.8) is 0 Å². The van der Waals surface area contributed by atoms with E-state index in [1.54, 1.807) is 39.0 Å². The predicted molar refractivity (Wildman–Crippen MR) is 260 cm³/mol. The number of nitro groups is 1. The second-order valence-corrected chi connectivity index (χ2v) is 16.6. The number of phenols is 2. The van der Waals surface area contributed by atoms with E-state index in [2.05, 4.69) is 46.0 Å². The van der Waals surface area contributed by atoms with Gasteiger partial charge in [-0.05, 0) is 173 Å². The van der Waals surface area contributed by atoms with E-state index in [1.807, 2.05) is 90.1 Å². The number of nitro benzene ring substituents is 1. The summed E-state index contributed by atoms with van der Waals surface area (Å²) >= 11 is 0. The van der Waals surface area contributed by atoms with Crippen molar-refractivity contribution in [2.45, 2.75) is 62.3 Å². The van der Waals surface area contributed by atoms with Crippen LogP contribution in [-0.4, -0.2) is 30.0 Å². The van der Waals surface area contributed by atoms with Crippen LogP contribution in [0.25, 0.3) is 27.2 Å². The summed E-state index contributed by atoms with van der Waals surface area (Å²) in [7, 11) is 0. The molecule has 336 valence electrons. The van der Waals surface area contributed by atoms with Crippen molar-refractivity contribution in [1.29, 1.82) is 0 Å². The second-order valence-electron chi connectivity index (χ2n) is 16.6. The first-order valence-electron chi connectivity index (χ1n) is 21.1. The average Bonchev–Trinajstić information content (AvgIpc) is 3.57. The maximum absolute atomic E-state index is 11.6. The number of rotatable bonds is 10. The van der Waals surface area contributed by atoms with E-state index < -0.39 is 4.92 Å². The highest BCUT2D eigenvalue weighted by atomic mass is 16.6. The molecule has 0 spiro atoms. The van der Waals surface area contributed by atoms with Crippen molar-refractivity contribution in [3.05, 3.63) is 145 Å². The maximum Gasteiger partial charge on any atom is 0.269 e. The highest BCUT2D eigenvalue weighted by Crippen LogP contribution is 2.47. The van der Waals surface area contributed by atoms with Gasteiger partial charge in [0.25, 0.3) is 5.69 Å². The van der Waals surface area contributed by atoms with Crippen LogP contribution in [-0.2, 0) is 0 Å². The fraction of sp³-hybridized carbons (Fsp3) is 0.180. The van der Waals surface area contributed by atoms with Crippen LogP contribution in [0.15, 0.2) is 126 Å². The van der Waals surface area contributed by atoms with Crippen molar-refractivity contribution in [2.24, 2.45) is 40.9 Å². The number of anilines is 1. The molecule has 0 aliphatic heterocycles. The van der Waals surface area contributed by atoms with Crippen LogP contribution in [0.2, 0.25) is 0 Å². The van der Waals surface area contributed by atoms with E-state index >= 15 is 0 Å². The number of non-ortho nitro benzene ring substituents is 1. The third-order valence-electron chi connectivity index (χ3n) is 11.7. The number of azo groups is 4. The smallest absolute Gasteiger partial charge is 0.269 e. The number of phenolic OH excluding ortho intramolecular Hbond substituents is 2. The number of aryl methyl sites for hydroxylation is 9. The van der Waals surface area contributed by atoms with Crippen LogP contribution in [0.5, 0.6) is 17.4 Å². The van der Waals surface area contributed by atoms with Crippen molar-refractivity contribution in [1.82, 2.24) is 9.78 Å². The van der Waals surface area contributed by atoms with Crippen molar-refractivity contribution < 1.29 is 20.2 Å². The number of aromatic nitrogens is 2. The van der Waals surface area contributed by atoms with Crippen LogP contribution in [0.4, 0.5) is 56.9 Å². The van der Waals surface area contributed by atoms with E-state index in [-0.39, 0.29) is 40.1 Å². The van der Waals surface area contributed by atoms with Gasteiger partial charge < -0.3 is 21.1 Å². The van der Waals surface area contributed by atoms with Crippen LogP contribution in [0.1, 0.15) is 50.2 Å². The quantitative estimate of drug-likeness (QED) is 0.0447. The zero-order valence-corrected chi connectivity index (χ0v) is 38.2. The van der Waals surface area contributed by atoms with E-state index in [0.717, 1.165) is 33.2 Å². The molecule has 5 N–H and O–H groups in total. The molecule has 8 rings (SSSR count). The van der Waals surface area contributed by atoms with Gasteiger partial charge in [-0.2, -0.15) is 30.2 Å². The Bertz CT molecular complexity index is 3480. The summed E-state index contributed by atoms with van der Waals surface area (Å²) in [6.07, 6.45) is 0. The first-order chi connectivity index (χ1) is 31.9. The van der Waals surface area contributed by atoms with Crippen LogP contribution in [0, 0.1) is 72.4 Å². The minimum absolute atomic E-state index is 0.0386. The first kappa shape index (κ1) is 44.9. The van der Waals surface area contributed by atoms with Gasteiger partial charge >= 0.3 is 0 Å². The Morgan fingerprint density at radius 3 is 1.67 bits per heavy atom. The Morgan fingerprint density at radius 1 is 0.522 bits per heavy atom. The van der Waals surface area contributed by atoms with Gasteiger partial charge in [0.15, 0.2) is 17.2 Å². The van der Waals surface area contributed by atoms with Crippen molar-refractivity contribution in [3.8, 4) is 23.1 Å². The molecule has 0 atom stereocenters. The number of nitrogen functional groups attached to an aromatic ring is 1. The molecular formula is C50H46N12O5. The van der Waals surface area contributed by atoms with E-state index in [1.165, 1.54) is 22.9 Å². The van der Waals surface area contributed by atoms with Crippen LogP contribution in [0.3, 0.4) is 0 Å². The second kappa shape index (κ2) is 17.7. The van der Waals surface area contributed by atoms with E-state index in [9.17, 15) is 25.4 Å². The minimum Gasteiger partial charge on any atom is -0.505 e. The van der Waals surface area contributed by atoms with Crippen molar-refractivity contribution >= 4 is 78.4 Å². The third kappa shape index (κ3) is 8.52. The molecule has 1 heterocycles. The first-order valence-corrected chi connectivity index (χ1v) is 21.1. The standard InChI is InChI=1S/C50H46N12O5/c1-24-10-12-33(13-11-24)61-50(65)47(32(9)60-61)59-55-41-23-27(4)40(22-28(41)5)54-57-45-30(7)20-37-31(8)39(17-15-35(37)48(45)63)53-56-42-21-25(2)36-19-29(6)46(49(64)43(36)44(42)51)58-52-38-16-14-34(62(66)67)18-26(38)3/h10-23,63-65H,51H2,1-9H3/b56-53+,57-54+,58-52+,59-55+. The molecule has 8 aromatic rings. The Labute approximate surface area is 384 Å². The lowest BCUT2D eigenvalue weighted by atomic mass is 9.98. The van der Waals surface area contributed by atoms with Gasteiger partial charge in [-0.25, -0.2) is 0 Å².